The molecule has 7 nitrogen and oxygen atoms in total. The molecule has 0 radical (unpaired) electrons. The molecule has 5 aliphatic rings. The van der Waals surface area contributed by atoms with Gasteiger partial charge in [-0.05, 0) is 91.5 Å². The van der Waals surface area contributed by atoms with E-state index >= 15 is 0 Å². The predicted octanol–water partition coefficient (Wildman–Crippen LogP) is 5.79. The monoisotopic (exact) mass is 563 g/mol. The number of para-hydroxylation sites is 3. The molecule has 2 amide bonds. The number of carbonyl (C=O) groups is 3. The van der Waals surface area contributed by atoms with Crippen LogP contribution in [0.2, 0.25) is 0 Å². The van der Waals surface area contributed by atoms with Crippen LogP contribution in [0.1, 0.15) is 50.1 Å². The molecule has 1 heterocycles. The molecule has 7 heteroatoms. The lowest BCUT2D eigenvalue weighted by Gasteiger charge is -2.57. The van der Waals surface area contributed by atoms with Crippen molar-refractivity contribution in [3.05, 3.63) is 90.5 Å². The van der Waals surface area contributed by atoms with Crippen LogP contribution in [-0.2, 0) is 19.1 Å². The second kappa shape index (κ2) is 10.7. The van der Waals surface area contributed by atoms with Crippen molar-refractivity contribution in [1.29, 1.82) is 0 Å². The Morgan fingerprint density at radius 2 is 1.36 bits per heavy atom. The molecule has 216 valence electrons. The Kier molecular flexibility index (Phi) is 6.85. The standard InChI is InChI=1S/C35H37N3O4/c1-42-34(41)30(26-10-4-2-5-11-26)36-31-32(39)37(22-35-19-23-16-24(20-35)18-25(17-23)21-35)28-14-8-9-15-29(28)38(33(31)40)27-12-6-3-7-13-27/h2-15,23-25,30-31,36H,16-22H2,1H3/t23?,24?,25?,30-,31-,35?/m1/s1. The van der Waals surface area contributed by atoms with Gasteiger partial charge in [0.2, 0.25) is 0 Å². The molecule has 0 saturated heterocycles. The van der Waals surface area contributed by atoms with Crippen LogP contribution in [0.15, 0.2) is 84.9 Å². The minimum Gasteiger partial charge on any atom is -0.468 e. The molecule has 4 aliphatic carbocycles. The van der Waals surface area contributed by atoms with Gasteiger partial charge in [0.15, 0.2) is 6.04 Å². The van der Waals surface area contributed by atoms with Gasteiger partial charge in [0.1, 0.15) is 6.04 Å². The van der Waals surface area contributed by atoms with Gasteiger partial charge in [-0.15, -0.1) is 0 Å². The predicted molar refractivity (Wildman–Crippen MR) is 161 cm³/mol. The van der Waals surface area contributed by atoms with Crippen LogP contribution in [0.5, 0.6) is 0 Å². The molecule has 1 aliphatic heterocycles. The maximum absolute atomic E-state index is 14.8. The van der Waals surface area contributed by atoms with Gasteiger partial charge in [0.05, 0.1) is 18.5 Å². The number of amides is 2. The van der Waals surface area contributed by atoms with Gasteiger partial charge < -0.3 is 9.64 Å². The number of rotatable bonds is 7. The molecular weight excluding hydrogens is 526 g/mol. The first-order valence-corrected chi connectivity index (χ1v) is 15.1. The van der Waals surface area contributed by atoms with Crippen LogP contribution in [0.3, 0.4) is 0 Å². The van der Waals surface area contributed by atoms with E-state index in [1.807, 2.05) is 77.7 Å². The van der Waals surface area contributed by atoms with Crippen LogP contribution in [0, 0.1) is 23.2 Å². The first-order chi connectivity index (χ1) is 20.4. The number of nitrogens with one attached hydrogen (secondary N) is 1. The summed E-state index contributed by atoms with van der Waals surface area (Å²) >= 11 is 0. The van der Waals surface area contributed by atoms with Crippen molar-refractivity contribution in [2.75, 3.05) is 23.5 Å². The summed E-state index contributed by atoms with van der Waals surface area (Å²) in [6.07, 6.45) is 7.33. The molecule has 3 aromatic rings. The molecule has 42 heavy (non-hydrogen) atoms. The Bertz CT molecular complexity index is 1460. The molecule has 3 aromatic carbocycles. The summed E-state index contributed by atoms with van der Waals surface area (Å²) in [6.45, 7) is 0.578. The highest BCUT2D eigenvalue weighted by Crippen LogP contribution is 2.60. The van der Waals surface area contributed by atoms with Crippen molar-refractivity contribution in [3.8, 4) is 0 Å². The number of hydrogen-bond acceptors (Lipinski definition) is 5. The van der Waals surface area contributed by atoms with Crippen molar-refractivity contribution >= 4 is 34.8 Å². The highest BCUT2D eigenvalue weighted by molar-refractivity contribution is 6.23. The fourth-order valence-corrected chi connectivity index (χ4v) is 8.71. The number of fused-ring (bicyclic) bond motifs is 1. The molecule has 4 saturated carbocycles. The third-order valence-electron chi connectivity index (χ3n) is 9.97. The van der Waals surface area contributed by atoms with Crippen LogP contribution in [0.25, 0.3) is 0 Å². The van der Waals surface area contributed by atoms with Gasteiger partial charge in [-0.3, -0.25) is 19.8 Å². The summed E-state index contributed by atoms with van der Waals surface area (Å²) in [6, 6.07) is 24.0. The van der Waals surface area contributed by atoms with Crippen molar-refractivity contribution in [1.82, 2.24) is 5.32 Å². The van der Waals surface area contributed by atoms with Gasteiger partial charge in [-0.1, -0.05) is 60.7 Å². The zero-order valence-electron chi connectivity index (χ0n) is 23.9. The number of esters is 1. The number of ether oxygens (including phenoxy) is 1. The highest BCUT2D eigenvalue weighted by Gasteiger charge is 2.53. The van der Waals surface area contributed by atoms with Gasteiger partial charge in [0, 0.05) is 12.2 Å². The van der Waals surface area contributed by atoms with E-state index in [4.69, 9.17) is 4.74 Å². The van der Waals surface area contributed by atoms with E-state index in [1.54, 1.807) is 17.0 Å². The first kappa shape index (κ1) is 26.9. The maximum Gasteiger partial charge on any atom is 0.327 e. The third-order valence-corrected chi connectivity index (χ3v) is 9.97. The zero-order chi connectivity index (χ0) is 28.8. The first-order valence-electron chi connectivity index (χ1n) is 15.1. The summed E-state index contributed by atoms with van der Waals surface area (Å²) in [5.41, 5.74) is 2.75. The SMILES string of the molecule is COC(=O)[C@H](N[C@@H]1C(=O)N(CC23CC4CC(CC(C4)C2)C3)c2ccccc2N(c2ccccc2)C1=O)c1ccccc1. The zero-order valence-corrected chi connectivity index (χ0v) is 23.9. The molecule has 8 rings (SSSR count). The van der Waals surface area contributed by atoms with Crippen LogP contribution < -0.4 is 15.1 Å². The fourth-order valence-electron chi connectivity index (χ4n) is 8.71. The van der Waals surface area contributed by atoms with E-state index in [-0.39, 0.29) is 11.3 Å². The average Bonchev–Trinajstić information content (AvgIpc) is 3.08. The van der Waals surface area contributed by atoms with Gasteiger partial charge >= 0.3 is 5.97 Å². The largest absolute Gasteiger partial charge is 0.468 e. The van der Waals surface area contributed by atoms with Crippen molar-refractivity contribution in [2.24, 2.45) is 23.2 Å². The van der Waals surface area contributed by atoms with E-state index in [2.05, 4.69) is 5.32 Å². The maximum atomic E-state index is 14.8. The molecule has 1 N–H and O–H groups in total. The van der Waals surface area contributed by atoms with E-state index in [0.717, 1.165) is 42.7 Å². The summed E-state index contributed by atoms with van der Waals surface area (Å²) in [7, 11) is 1.32. The van der Waals surface area contributed by atoms with Crippen molar-refractivity contribution < 1.29 is 19.1 Å². The lowest BCUT2D eigenvalue weighted by Crippen LogP contribution is -2.58. The fraction of sp³-hybridized carbons (Fsp3) is 0.400. The summed E-state index contributed by atoms with van der Waals surface area (Å²) < 4.78 is 5.15. The Hall–Kier alpha value is -3.97. The minimum atomic E-state index is -1.30. The van der Waals surface area contributed by atoms with Crippen molar-refractivity contribution in [2.45, 2.75) is 50.6 Å². The summed E-state index contributed by atoms with van der Waals surface area (Å²) in [4.78, 5) is 45.9. The normalized spacial score (nSPS) is 28.8. The van der Waals surface area contributed by atoms with E-state index in [9.17, 15) is 14.4 Å². The molecule has 4 fully saturated rings. The van der Waals surface area contributed by atoms with E-state index in [0.29, 0.717) is 23.5 Å². The summed E-state index contributed by atoms with van der Waals surface area (Å²) in [5, 5.41) is 3.18. The van der Waals surface area contributed by atoms with Crippen LogP contribution in [-0.4, -0.2) is 37.5 Å². The number of nitrogens with zero attached hydrogens (tertiary/aromatic N) is 2. The molecular formula is C35H37N3O4. The summed E-state index contributed by atoms with van der Waals surface area (Å²) in [5.74, 6) is 0.885. The Morgan fingerprint density at radius 1 is 0.810 bits per heavy atom. The van der Waals surface area contributed by atoms with Crippen molar-refractivity contribution in [3.63, 3.8) is 0 Å². The Morgan fingerprint density at radius 3 is 1.95 bits per heavy atom. The topological polar surface area (TPSA) is 79.0 Å². The number of benzene rings is 3. The number of methoxy groups -OCH3 is 1. The smallest absolute Gasteiger partial charge is 0.327 e. The lowest BCUT2D eigenvalue weighted by atomic mass is 9.49. The quantitative estimate of drug-likeness (QED) is 0.291. The van der Waals surface area contributed by atoms with E-state index < -0.39 is 24.0 Å². The number of carbonyl (C=O) groups excluding carboxylic acids is 3. The molecule has 0 unspecified atom stereocenters. The van der Waals surface area contributed by atoms with Crippen LogP contribution >= 0.6 is 0 Å². The molecule has 4 bridgehead atoms. The average molecular weight is 564 g/mol. The second-order valence-electron chi connectivity index (χ2n) is 12.8. The number of anilines is 3. The van der Waals surface area contributed by atoms with Gasteiger partial charge in [-0.25, -0.2) is 4.79 Å². The Labute approximate surface area is 246 Å². The molecule has 0 aromatic heterocycles. The minimum absolute atomic E-state index is 0.0498. The van der Waals surface area contributed by atoms with Gasteiger partial charge in [0.25, 0.3) is 11.8 Å². The molecule has 0 spiro atoms. The lowest BCUT2D eigenvalue weighted by molar-refractivity contribution is -0.144. The molecule has 2 atom stereocenters. The third kappa shape index (κ3) is 4.70. The second-order valence-corrected chi connectivity index (χ2v) is 12.8. The number of hydrogen-bond donors (Lipinski definition) is 1. The van der Waals surface area contributed by atoms with Crippen LogP contribution in [0.4, 0.5) is 17.1 Å². The Balaban J connectivity index is 1.33. The van der Waals surface area contributed by atoms with Gasteiger partial charge in [-0.2, -0.15) is 0 Å². The van der Waals surface area contributed by atoms with E-state index in [1.165, 1.54) is 26.4 Å². The highest BCUT2D eigenvalue weighted by atomic mass is 16.5.